The molecule has 18 heavy (non-hydrogen) atoms. The van der Waals surface area contributed by atoms with Crippen LogP contribution in [0.5, 0.6) is 0 Å². The number of carbonyl (C=O) groups excluding carboxylic acids is 1. The first-order valence-electron chi connectivity index (χ1n) is 5.47. The van der Waals surface area contributed by atoms with Crippen LogP contribution in [0.2, 0.25) is 0 Å². The van der Waals surface area contributed by atoms with Crippen molar-refractivity contribution in [1.29, 1.82) is 0 Å². The zero-order valence-corrected chi connectivity index (χ0v) is 11.0. The number of benzene rings is 1. The van der Waals surface area contributed by atoms with Crippen molar-refractivity contribution in [3.8, 4) is 11.3 Å². The van der Waals surface area contributed by atoms with Crippen LogP contribution >= 0.6 is 15.9 Å². The zero-order chi connectivity index (χ0) is 12.5. The molecule has 0 radical (unpaired) electrons. The summed E-state index contributed by atoms with van der Waals surface area (Å²) in [6, 6.07) is 11.5. The van der Waals surface area contributed by atoms with Gasteiger partial charge in [0, 0.05) is 22.4 Å². The minimum atomic E-state index is 0.596. The molecule has 0 aliphatic heterocycles. The molecule has 3 aromatic rings. The van der Waals surface area contributed by atoms with Crippen LogP contribution < -0.4 is 0 Å². The number of imidazole rings is 1. The first-order valence-corrected chi connectivity index (χ1v) is 6.26. The van der Waals surface area contributed by atoms with E-state index in [1.807, 2.05) is 47.1 Å². The summed E-state index contributed by atoms with van der Waals surface area (Å²) >= 11 is 3.44. The van der Waals surface area contributed by atoms with Gasteiger partial charge in [0.1, 0.15) is 5.65 Å². The average Bonchev–Trinajstić information content (AvgIpc) is 2.82. The summed E-state index contributed by atoms with van der Waals surface area (Å²) in [6.45, 7) is 0. The van der Waals surface area contributed by atoms with E-state index in [0.29, 0.717) is 11.2 Å². The Labute approximate surface area is 112 Å². The molecule has 0 amide bonds. The Morgan fingerprint density at radius 3 is 2.89 bits per heavy atom. The van der Waals surface area contributed by atoms with Crippen molar-refractivity contribution in [3.05, 3.63) is 58.8 Å². The lowest BCUT2D eigenvalue weighted by Crippen LogP contribution is -1.88. The molecular formula is C14H9BrN2O. The fraction of sp³-hybridized carbons (Fsp3) is 0. The van der Waals surface area contributed by atoms with Crippen molar-refractivity contribution in [2.75, 3.05) is 0 Å². The quantitative estimate of drug-likeness (QED) is 0.678. The topological polar surface area (TPSA) is 34.4 Å². The second-order valence-corrected chi connectivity index (χ2v) is 4.86. The van der Waals surface area contributed by atoms with Crippen molar-refractivity contribution in [3.63, 3.8) is 0 Å². The minimum Gasteiger partial charge on any atom is -0.306 e. The van der Waals surface area contributed by atoms with E-state index < -0.39 is 0 Å². The summed E-state index contributed by atoms with van der Waals surface area (Å²) in [5, 5.41) is 0. The molecule has 0 saturated carbocycles. The fourth-order valence-electron chi connectivity index (χ4n) is 1.91. The Morgan fingerprint density at radius 2 is 2.11 bits per heavy atom. The Morgan fingerprint density at radius 1 is 1.22 bits per heavy atom. The molecular weight excluding hydrogens is 292 g/mol. The highest BCUT2D eigenvalue weighted by Gasteiger charge is 2.07. The van der Waals surface area contributed by atoms with E-state index in [2.05, 4.69) is 20.9 Å². The molecule has 0 N–H and O–H groups in total. The Kier molecular flexibility index (Phi) is 2.72. The van der Waals surface area contributed by atoms with E-state index in [1.165, 1.54) is 0 Å². The number of nitrogens with zero attached hydrogens (tertiary/aromatic N) is 2. The molecule has 4 heteroatoms. The maximum atomic E-state index is 11.0. The van der Waals surface area contributed by atoms with Crippen LogP contribution in [0.1, 0.15) is 10.4 Å². The van der Waals surface area contributed by atoms with Crippen LogP contribution in [-0.2, 0) is 0 Å². The number of aromatic nitrogens is 2. The standard InChI is InChI=1S/C14H9BrN2O/c15-12-5-1-3-10(7-12)13-8-17-6-2-4-11(9-18)14(17)16-13/h1-9H. The second kappa shape index (κ2) is 4.38. The number of pyridine rings is 1. The first-order chi connectivity index (χ1) is 8.78. The molecule has 0 aliphatic carbocycles. The average molecular weight is 301 g/mol. The van der Waals surface area contributed by atoms with E-state index in [-0.39, 0.29) is 0 Å². The summed E-state index contributed by atoms with van der Waals surface area (Å²) in [4.78, 5) is 15.5. The normalized spacial score (nSPS) is 10.7. The lowest BCUT2D eigenvalue weighted by atomic mass is 10.2. The lowest BCUT2D eigenvalue weighted by molar-refractivity contribution is 0.112. The molecule has 0 atom stereocenters. The molecule has 0 bridgehead atoms. The molecule has 2 aromatic heterocycles. The minimum absolute atomic E-state index is 0.596. The van der Waals surface area contributed by atoms with E-state index in [4.69, 9.17) is 0 Å². The third kappa shape index (κ3) is 1.84. The third-order valence-electron chi connectivity index (χ3n) is 2.76. The SMILES string of the molecule is O=Cc1cccn2cc(-c3cccc(Br)c3)nc12. The predicted octanol–water partition coefficient (Wildman–Crippen LogP) is 3.58. The van der Waals surface area contributed by atoms with Crippen molar-refractivity contribution in [2.45, 2.75) is 0 Å². The number of fused-ring (bicyclic) bond motifs is 1. The van der Waals surface area contributed by atoms with Gasteiger partial charge in [-0.05, 0) is 24.3 Å². The van der Waals surface area contributed by atoms with Gasteiger partial charge in [-0.15, -0.1) is 0 Å². The number of aldehydes is 1. The summed E-state index contributed by atoms with van der Waals surface area (Å²) in [5.74, 6) is 0. The van der Waals surface area contributed by atoms with Crippen molar-refractivity contribution < 1.29 is 4.79 Å². The lowest BCUT2D eigenvalue weighted by Gasteiger charge is -1.95. The Hall–Kier alpha value is -1.94. The van der Waals surface area contributed by atoms with Gasteiger partial charge in [-0.2, -0.15) is 0 Å². The number of hydrogen-bond acceptors (Lipinski definition) is 2. The van der Waals surface area contributed by atoms with Crippen molar-refractivity contribution in [1.82, 2.24) is 9.38 Å². The van der Waals surface area contributed by atoms with Crippen LogP contribution in [-0.4, -0.2) is 15.7 Å². The second-order valence-electron chi connectivity index (χ2n) is 3.95. The smallest absolute Gasteiger partial charge is 0.153 e. The van der Waals surface area contributed by atoms with E-state index >= 15 is 0 Å². The molecule has 0 aliphatic rings. The summed E-state index contributed by atoms with van der Waals surface area (Å²) in [7, 11) is 0. The highest BCUT2D eigenvalue weighted by molar-refractivity contribution is 9.10. The van der Waals surface area contributed by atoms with Crippen LogP contribution in [0.4, 0.5) is 0 Å². The molecule has 2 heterocycles. The van der Waals surface area contributed by atoms with E-state index in [9.17, 15) is 4.79 Å². The molecule has 3 nitrogen and oxygen atoms in total. The number of carbonyl (C=O) groups is 1. The van der Waals surface area contributed by atoms with Gasteiger partial charge >= 0.3 is 0 Å². The maximum absolute atomic E-state index is 11.0. The van der Waals surface area contributed by atoms with Gasteiger partial charge in [-0.25, -0.2) is 4.98 Å². The molecule has 0 unspecified atom stereocenters. The summed E-state index contributed by atoms with van der Waals surface area (Å²) < 4.78 is 2.87. The Bertz CT molecular complexity index is 733. The van der Waals surface area contributed by atoms with Gasteiger partial charge in [0.15, 0.2) is 6.29 Å². The first kappa shape index (κ1) is 11.2. The highest BCUT2D eigenvalue weighted by atomic mass is 79.9. The van der Waals surface area contributed by atoms with Crippen molar-refractivity contribution >= 4 is 27.9 Å². The maximum Gasteiger partial charge on any atom is 0.153 e. The van der Waals surface area contributed by atoms with Gasteiger partial charge in [0.2, 0.25) is 0 Å². The van der Waals surface area contributed by atoms with E-state index in [1.54, 1.807) is 6.07 Å². The predicted molar refractivity (Wildman–Crippen MR) is 73.7 cm³/mol. The summed E-state index contributed by atoms with van der Waals surface area (Å²) in [6.07, 6.45) is 4.63. The molecule has 0 spiro atoms. The zero-order valence-electron chi connectivity index (χ0n) is 9.38. The molecule has 3 rings (SSSR count). The van der Waals surface area contributed by atoms with Gasteiger partial charge in [-0.1, -0.05) is 28.1 Å². The molecule has 0 saturated heterocycles. The molecule has 1 aromatic carbocycles. The monoisotopic (exact) mass is 300 g/mol. The van der Waals surface area contributed by atoms with Gasteiger partial charge in [0.05, 0.1) is 11.3 Å². The number of halogens is 1. The number of rotatable bonds is 2. The van der Waals surface area contributed by atoms with Gasteiger partial charge in [0.25, 0.3) is 0 Å². The highest BCUT2D eigenvalue weighted by Crippen LogP contribution is 2.23. The Balaban J connectivity index is 2.22. The van der Waals surface area contributed by atoms with Gasteiger partial charge in [-0.3, -0.25) is 4.79 Å². The largest absolute Gasteiger partial charge is 0.306 e. The summed E-state index contributed by atoms with van der Waals surface area (Å²) in [5.41, 5.74) is 3.15. The van der Waals surface area contributed by atoms with E-state index in [0.717, 1.165) is 22.0 Å². The molecule has 0 fully saturated rings. The van der Waals surface area contributed by atoms with Crippen LogP contribution in [0.15, 0.2) is 53.3 Å². The van der Waals surface area contributed by atoms with Crippen LogP contribution in [0.3, 0.4) is 0 Å². The molecule has 88 valence electrons. The van der Waals surface area contributed by atoms with Crippen LogP contribution in [0, 0.1) is 0 Å². The number of hydrogen-bond donors (Lipinski definition) is 0. The van der Waals surface area contributed by atoms with Gasteiger partial charge < -0.3 is 4.40 Å². The van der Waals surface area contributed by atoms with Crippen LogP contribution in [0.25, 0.3) is 16.9 Å². The third-order valence-corrected chi connectivity index (χ3v) is 3.25. The fourth-order valence-corrected chi connectivity index (χ4v) is 2.31. The van der Waals surface area contributed by atoms with Crippen molar-refractivity contribution in [2.24, 2.45) is 0 Å².